The number of amides is 1. The molecular formula is C25H21Cl2N3OS. The number of hydrogen-bond acceptors (Lipinski definition) is 3. The van der Waals surface area contributed by atoms with Crippen LogP contribution in [0.1, 0.15) is 11.3 Å². The highest BCUT2D eigenvalue weighted by atomic mass is 35.5. The van der Waals surface area contributed by atoms with Crippen LogP contribution in [0.15, 0.2) is 78.1 Å². The van der Waals surface area contributed by atoms with Gasteiger partial charge < -0.3 is 5.32 Å². The third-order valence-electron chi connectivity index (χ3n) is 4.84. The molecule has 1 aromatic heterocycles. The van der Waals surface area contributed by atoms with Crippen molar-refractivity contribution in [3.05, 3.63) is 94.2 Å². The molecule has 0 unspecified atom stereocenters. The quantitative estimate of drug-likeness (QED) is 0.296. The highest BCUT2D eigenvalue weighted by Crippen LogP contribution is 2.30. The molecule has 0 saturated carbocycles. The van der Waals surface area contributed by atoms with Crippen LogP contribution in [0.3, 0.4) is 0 Å². The summed E-state index contributed by atoms with van der Waals surface area (Å²) < 4.78 is 1.91. The molecule has 32 heavy (non-hydrogen) atoms. The highest BCUT2D eigenvalue weighted by Gasteiger charge is 2.14. The van der Waals surface area contributed by atoms with Crippen LogP contribution in [0.5, 0.6) is 0 Å². The number of carbonyl (C=O) groups excluding carboxylic acids is 1. The number of anilines is 1. The monoisotopic (exact) mass is 481 g/mol. The van der Waals surface area contributed by atoms with E-state index in [-0.39, 0.29) is 11.7 Å². The lowest BCUT2D eigenvalue weighted by Crippen LogP contribution is -2.14. The van der Waals surface area contributed by atoms with Gasteiger partial charge >= 0.3 is 0 Å². The zero-order valence-electron chi connectivity index (χ0n) is 17.6. The molecule has 3 aromatic carbocycles. The maximum atomic E-state index is 12.6. The fourth-order valence-electron chi connectivity index (χ4n) is 3.30. The molecule has 1 heterocycles. The number of benzene rings is 3. The molecule has 0 fully saturated rings. The summed E-state index contributed by atoms with van der Waals surface area (Å²) in [6, 6.07) is 21.5. The number of nitrogens with zero attached hydrogens (tertiary/aromatic N) is 2. The van der Waals surface area contributed by atoms with Crippen LogP contribution in [0.25, 0.3) is 16.8 Å². The van der Waals surface area contributed by atoms with Gasteiger partial charge in [-0.1, -0.05) is 77.4 Å². The molecule has 0 saturated heterocycles. The number of halogens is 2. The van der Waals surface area contributed by atoms with Crippen molar-refractivity contribution in [2.75, 3.05) is 11.1 Å². The van der Waals surface area contributed by atoms with E-state index in [1.54, 1.807) is 0 Å². The molecule has 0 radical (unpaired) electrons. The zero-order valence-corrected chi connectivity index (χ0v) is 19.9. The van der Waals surface area contributed by atoms with Crippen LogP contribution >= 0.6 is 35.0 Å². The Morgan fingerprint density at radius 3 is 2.47 bits per heavy atom. The Kier molecular flexibility index (Phi) is 6.89. The zero-order chi connectivity index (χ0) is 22.7. The number of rotatable bonds is 6. The molecular weight excluding hydrogens is 461 g/mol. The van der Waals surface area contributed by atoms with E-state index in [2.05, 4.69) is 10.3 Å². The van der Waals surface area contributed by atoms with Gasteiger partial charge in [0.2, 0.25) is 5.91 Å². The van der Waals surface area contributed by atoms with E-state index in [4.69, 9.17) is 23.2 Å². The van der Waals surface area contributed by atoms with Gasteiger partial charge in [-0.3, -0.25) is 9.36 Å². The van der Waals surface area contributed by atoms with E-state index in [1.165, 1.54) is 11.8 Å². The van der Waals surface area contributed by atoms with Crippen molar-refractivity contribution in [1.29, 1.82) is 0 Å². The summed E-state index contributed by atoms with van der Waals surface area (Å²) in [5.41, 5.74) is 5.41. The summed E-state index contributed by atoms with van der Waals surface area (Å²) in [5, 5.41) is 4.72. The van der Waals surface area contributed by atoms with Gasteiger partial charge in [-0.15, -0.1) is 0 Å². The summed E-state index contributed by atoms with van der Waals surface area (Å²) in [5.74, 6) is 0.0306. The lowest BCUT2D eigenvalue weighted by Gasteiger charge is -2.11. The maximum absolute atomic E-state index is 12.6. The first-order valence-electron chi connectivity index (χ1n) is 10.0. The van der Waals surface area contributed by atoms with Crippen LogP contribution < -0.4 is 5.32 Å². The van der Waals surface area contributed by atoms with Crippen LogP contribution in [0.4, 0.5) is 5.69 Å². The number of nitrogens with one attached hydrogen (secondary N) is 1. The summed E-state index contributed by atoms with van der Waals surface area (Å²) >= 11 is 14.2. The lowest BCUT2D eigenvalue weighted by atomic mass is 10.1. The first-order valence-corrected chi connectivity index (χ1v) is 11.7. The largest absolute Gasteiger partial charge is 0.324 e. The van der Waals surface area contributed by atoms with Gasteiger partial charge in [0.05, 0.1) is 32.9 Å². The molecule has 162 valence electrons. The summed E-state index contributed by atoms with van der Waals surface area (Å²) in [6.07, 6.45) is 1.91. The fourth-order valence-corrected chi connectivity index (χ4v) is 4.69. The number of carbonyl (C=O) groups is 1. The lowest BCUT2D eigenvalue weighted by molar-refractivity contribution is -0.113. The first kappa shape index (κ1) is 22.5. The third-order valence-corrected chi connectivity index (χ3v) is 6.41. The average Bonchev–Trinajstić information content (AvgIpc) is 3.14. The van der Waals surface area contributed by atoms with E-state index in [0.29, 0.717) is 20.9 Å². The van der Waals surface area contributed by atoms with Crippen LogP contribution in [0, 0.1) is 13.8 Å². The Labute approximate surface area is 201 Å². The normalized spacial score (nSPS) is 10.9. The molecule has 1 amide bonds. The molecule has 0 aliphatic carbocycles. The third kappa shape index (κ3) is 5.18. The van der Waals surface area contributed by atoms with E-state index < -0.39 is 0 Å². The number of thioether (sulfide) groups is 1. The van der Waals surface area contributed by atoms with Crippen molar-refractivity contribution in [2.45, 2.75) is 19.0 Å². The minimum Gasteiger partial charge on any atom is -0.324 e. The number of imidazole rings is 1. The number of aryl methyl sites for hydroxylation is 2. The summed E-state index contributed by atoms with van der Waals surface area (Å²) in [6.45, 7) is 3.91. The second-order valence-electron chi connectivity index (χ2n) is 7.39. The first-order chi connectivity index (χ1) is 15.4. The summed E-state index contributed by atoms with van der Waals surface area (Å²) in [4.78, 5) is 17.2. The molecule has 0 atom stereocenters. The molecule has 7 heteroatoms. The van der Waals surface area contributed by atoms with E-state index in [0.717, 1.165) is 28.1 Å². The van der Waals surface area contributed by atoms with Gasteiger partial charge in [0.1, 0.15) is 0 Å². The minimum absolute atomic E-state index is 0.161. The van der Waals surface area contributed by atoms with Crippen molar-refractivity contribution in [1.82, 2.24) is 9.55 Å². The Bertz CT molecular complexity index is 1270. The van der Waals surface area contributed by atoms with Gasteiger partial charge in [-0.25, -0.2) is 4.98 Å². The average molecular weight is 482 g/mol. The summed E-state index contributed by atoms with van der Waals surface area (Å²) in [7, 11) is 0. The van der Waals surface area contributed by atoms with Gasteiger partial charge in [0, 0.05) is 6.20 Å². The smallest absolute Gasteiger partial charge is 0.234 e. The molecule has 0 bridgehead atoms. The van der Waals surface area contributed by atoms with Crippen LogP contribution in [-0.2, 0) is 4.79 Å². The Morgan fingerprint density at radius 2 is 1.75 bits per heavy atom. The van der Waals surface area contributed by atoms with Crippen molar-refractivity contribution < 1.29 is 4.79 Å². The van der Waals surface area contributed by atoms with Crippen molar-refractivity contribution >= 4 is 46.6 Å². The Hall–Kier alpha value is -2.73. The molecule has 0 aliphatic heterocycles. The fraction of sp³-hybridized carbons (Fsp3) is 0.120. The van der Waals surface area contributed by atoms with E-state index in [1.807, 2.05) is 91.3 Å². The molecule has 4 nitrogen and oxygen atoms in total. The standard InChI is InChI=1S/C25H21Cl2N3OS/c1-16-8-11-23(21(27)12-16)30-14-17(2)28-25(30)32-15-24(31)29-22-10-9-19(13-20(22)26)18-6-4-3-5-7-18/h3-14H,15H2,1-2H3,(H,29,31). The van der Waals surface area contributed by atoms with Gasteiger partial charge in [-0.2, -0.15) is 0 Å². The van der Waals surface area contributed by atoms with Gasteiger partial charge in [-0.05, 0) is 54.8 Å². The van der Waals surface area contributed by atoms with Crippen molar-refractivity contribution in [2.24, 2.45) is 0 Å². The topological polar surface area (TPSA) is 46.9 Å². The molecule has 1 N–H and O–H groups in total. The maximum Gasteiger partial charge on any atom is 0.234 e. The van der Waals surface area contributed by atoms with Crippen molar-refractivity contribution in [3.8, 4) is 16.8 Å². The number of hydrogen-bond donors (Lipinski definition) is 1. The SMILES string of the molecule is Cc1ccc(-n2cc(C)nc2SCC(=O)Nc2ccc(-c3ccccc3)cc2Cl)c(Cl)c1. The second-order valence-corrected chi connectivity index (χ2v) is 9.14. The second kappa shape index (κ2) is 9.82. The molecule has 4 rings (SSSR count). The predicted octanol–water partition coefficient (Wildman–Crippen LogP) is 7.19. The van der Waals surface area contributed by atoms with E-state index >= 15 is 0 Å². The minimum atomic E-state index is -0.161. The highest BCUT2D eigenvalue weighted by molar-refractivity contribution is 7.99. The predicted molar refractivity (Wildman–Crippen MR) is 134 cm³/mol. The van der Waals surface area contributed by atoms with Crippen LogP contribution in [-0.4, -0.2) is 21.2 Å². The molecule has 4 aromatic rings. The van der Waals surface area contributed by atoms with Gasteiger partial charge in [0.25, 0.3) is 0 Å². The number of aromatic nitrogens is 2. The van der Waals surface area contributed by atoms with Crippen molar-refractivity contribution in [3.63, 3.8) is 0 Å². The van der Waals surface area contributed by atoms with Gasteiger partial charge in [0.15, 0.2) is 5.16 Å². The Balaban J connectivity index is 1.45. The van der Waals surface area contributed by atoms with Crippen LogP contribution in [0.2, 0.25) is 10.0 Å². The van der Waals surface area contributed by atoms with E-state index in [9.17, 15) is 4.79 Å². The Morgan fingerprint density at radius 1 is 0.969 bits per heavy atom. The molecule has 0 spiro atoms. The molecule has 0 aliphatic rings.